The van der Waals surface area contributed by atoms with Gasteiger partial charge in [0.15, 0.2) is 6.61 Å². The summed E-state index contributed by atoms with van der Waals surface area (Å²) >= 11 is 3.37. The number of anilines is 1. The fourth-order valence-corrected chi connectivity index (χ4v) is 2.81. The molecule has 1 heterocycles. The van der Waals surface area contributed by atoms with E-state index in [1.165, 1.54) is 4.90 Å². The third-order valence-electron chi connectivity index (χ3n) is 3.72. The number of nitrogens with two attached hydrogens (primary N) is 1. The molecule has 0 radical (unpaired) electrons. The number of hydrogen-bond acceptors (Lipinski definition) is 4. The third kappa shape index (κ3) is 4.68. The van der Waals surface area contributed by atoms with Gasteiger partial charge in [-0.15, -0.1) is 0 Å². The first-order valence-corrected chi connectivity index (χ1v) is 8.56. The van der Waals surface area contributed by atoms with Crippen LogP contribution in [0.5, 0.6) is 5.75 Å². The maximum Gasteiger partial charge on any atom is 0.265 e. The van der Waals surface area contributed by atoms with E-state index in [4.69, 9.17) is 10.5 Å². The number of ether oxygens (including phenoxy) is 1. The number of unbranched alkanes of at least 4 members (excludes halogenated alkanes) is 1. The molecule has 0 saturated heterocycles. The van der Waals surface area contributed by atoms with Gasteiger partial charge in [-0.3, -0.25) is 14.5 Å². The third-order valence-corrected chi connectivity index (χ3v) is 4.22. The van der Waals surface area contributed by atoms with Crippen molar-refractivity contribution >= 4 is 33.4 Å². The lowest BCUT2D eigenvalue weighted by molar-refractivity contribution is -0.125. The van der Waals surface area contributed by atoms with Crippen LogP contribution in [0.4, 0.5) is 5.69 Å². The Morgan fingerprint density at radius 3 is 3.00 bits per heavy atom. The van der Waals surface area contributed by atoms with E-state index >= 15 is 0 Å². The Hall–Kier alpha value is -1.60. The summed E-state index contributed by atoms with van der Waals surface area (Å²) in [6.07, 6.45) is 2.91. The average molecular weight is 384 g/mol. The Kier molecular flexibility index (Phi) is 6.41. The first kappa shape index (κ1) is 17.7. The zero-order chi connectivity index (χ0) is 16.8. The topological polar surface area (TPSA) is 84.7 Å². The highest BCUT2D eigenvalue weighted by molar-refractivity contribution is 9.10. The van der Waals surface area contributed by atoms with Crippen molar-refractivity contribution in [3.63, 3.8) is 0 Å². The second-order valence-electron chi connectivity index (χ2n) is 5.52. The number of halogens is 1. The number of hydrogen-bond donors (Lipinski definition) is 2. The maximum absolute atomic E-state index is 12.3. The predicted octanol–water partition coefficient (Wildman–Crippen LogP) is 1.81. The first-order valence-electron chi connectivity index (χ1n) is 7.77. The Labute approximate surface area is 144 Å². The number of carbonyl (C=O) groups is 2. The number of nitrogens with zero attached hydrogens (tertiary/aromatic N) is 1. The van der Waals surface area contributed by atoms with Crippen LogP contribution in [0.3, 0.4) is 0 Å². The summed E-state index contributed by atoms with van der Waals surface area (Å²) in [7, 11) is 0. The normalized spacial score (nSPS) is 14.9. The Morgan fingerprint density at radius 2 is 2.30 bits per heavy atom. The molecule has 6 nitrogen and oxygen atoms in total. The van der Waals surface area contributed by atoms with E-state index in [1.54, 1.807) is 12.1 Å². The molecular formula is C16H22BrN3O3. The van der Waals surface area contributed by atoms with Crippen LogP contribution in [0.15, 0.2) is 22.7 Å². The van der Waals surface area contributed by atoms with Gasteiger partial charge in [-0.25, -0.2) is 0 Å². The molecule has 0 fully saturated rings. The van der Waals surface area contributed by atoms with Crippen molar-refractivity contribution in [3.8, 4) is 5.75 Å². The number of fused-ring (bicyclic) bond motifs is 1. The van der Waals surface area contributed by atoms with Crippen LogP contribution in [0, 0.1) is 0 Å². The smallest absolute Gasteiger partial charge is 0.265 e. The van der Waals surface area contributed by atoms with Gasteiger partial charge < -0.3 is 15.8 Å². The molecule has 1 aliphatic rings. The van der Waals surface area contributed by atoms with E-state index in [2.05, 4.69) is 28.2 Å². The largest absolute Gasteiger partial charge is 0.482 e. The molecule has 0 saturated carbocycles. The molecule has 23 heavy (non-hydrogen) atoms. The highest BCUT2D eigenvalue weighted by Gasteiger charge is 2.27. The predicted molar refractivity (Wildman–Crippen MR) is 92.5 cm³/mol. The minimum Gasteiger partial charge on any atom is -0.482 e. The van der Waals surface area contributed by atoms with Gasteiger partial charge in [0.2, 0.25) is 5.91 Å². The number of nitrogens with one attached hydrogen (secondary N) is 1. The molecule has 0 aliphatic carbocycles. The van der Waals surface area contributed by atoms with Crippen molar-refractivity contribution in [2.24, 2.45) is 5.73 Å². The quantitative estimate of drug-likeness (QED) is 0.751. The van der Waals surface area contributed by atoms with E-state index in [9.17, 15) is 9.59 Å². The summed E-state index contributed by atoms with van der Waals surface area (Å²) in [5, 5.41) is 2.90. The molecule has 7 heteroatoms. The van der Waals surface area contributed by atoms with Crippen LogP contribution in [0.2, 0.25) is 0 Å². The van der Waals surface area contributed by atoms with E-state index in [0.717, 1.165) is 23.7 Å². The molecule has 126 valence electrons. The lowest BCUT2D eigenvalue weighted by Crippen LogP contribution is -2.48. The monoisotopic (exact) mass is 383 g/mol. The van der Waals surface area contributed by atoms with Gasteiger partial charge in [0, 0.05) is 17.1 Å². The highest BCUT2D eigenvalue weighted by Crippen LogP contribution is 2.34. The number of rotatable bonds is 7. The molecule has 1 aliphatic heterocycles. The lowest BCUT2D eigenvalue weighted by atomic mass is 10.1. The SMILES string of the molecule is CCCCC(CN)NC(=O)CN1C(=O)COc2cc(Br)ccc21. The summed E-state index contributed by atoms with van der Waals surface area (Å²) in [6, 6.07) is 5.32. The Morgan fingerprint density at radius 1 is 1.52 bits per heavy atom. The van der Waals surface area contributed by atoms with Gasteiger partial charge in [0.1, 0.15) is 12.3 Å². The molecule has 0 spiro atoms. The fraction of sp³-hybridized carbons (Fsp3) is 0.500. The van der Waals surface area contributed by atoms with Crippen molar-refractivity contribution in [1.29, 1.82) is 0 Å². The van der Waals surface area contributed by atoms with E-state index in [1.807, 2.05) is 6.07 Å². The number of amides is 2. The molecule has 1 aromatic rings. The van der Waals surface area contributed by atoms with Crippen molar-refractivity contribution in [3.05, 3.63) is 22.7 Å². The molecule has 2 rings (SSSR count). The zero-order valence-electron chi connectivity index (χ0n) is 13.2. The minimum absolute atomic E-state index is 0.0283. The molecule has 2 amide bonds. The maximum atomic E-state index is 12.3. The van der Waals surface area contributed by atoms with Gasteiger partial charge in [-0.1, -0.05) is 35.7 Å². The van der Waals surface area contributed by atoms with Crippen molar-refractivity contribution in [2.75, 3.05) is 24.6 Å². The molecular weight excluding hydrogens is 362 g/mol. The number of carbonyl (C=O) groups excluding carboxylic acids is 2. The summed E-state index contributed by atoms with van der Waals surface area (Å²) in [5.74, 6) is 0.154. The van der Waals surface area contributed by atoms with Gasteiger partial charge in [-0.05, 0) is 24.6 Å². The second kappa shape index (κ2) is 8.31. The number of benzene rings is 1. The summed E-state index contributed by atoms with van der Waals surface area (Å²) < 4.78 is 6.27. The zero-order valence-corrected chi connectivity index (χ0v) is 14.8. The van der Waals surface area contributed by atoms with Gasteiger partial charge in [0.25, 0.3) is 5.91 Å². The standard InChI is InChI=1S/C16H22BrN3O3/c1-2-3-4-12(8-18)19-15(21)9-20-13-6-5-11(17)7-14(13)23-10-16(20)22/h5-7,12H,2-4,8-10,18H2,1H3,(H,19,21). The van der Waals surface area contributed by atoms with Gasteiger partial charge in [0.05, 0.1) is 5.69 Å². The molecule has 1 aromatic carbocycles. The van der Waals surface area contributed by atoms with Gasteiger partial charge >= 0.3 is 0 Å². The Bertz CT molecular complexity index is 580. The summed E-state index contributed by atoms with van der Waals surface area (Å²) in [4.78, 5) is 25.8. The van der Waals surface area contributed by atoms with Crippen molar-refractivity contribution in [2.45, 2.75) is 32.2 Å². The van der Waals surface area contributed by atoms with E-state index < -0.39 is 0 Å². The van der Waals surface area contributed by atoms with E-state index in [-0.39, 0.29) is 31.0 Å². The molecule has 0 aromatic heterocycles. The fourth-order valence-electron chi connectivity index (χ4n) is 2.47. The van der Waals surface area contributed by atoms with Crippen molar-refractivity contribution in [1.82, 2.24) is 5.32 Å². The van der Waals surface area contributed by atoms with Crippen LogP contribution in [-0.2, 0) is 9.59 Å². The summed E-state index contributed by atoms with van der Waals surface area (Å²) in [6.45, 7) is 2.40. The van der Waals surface area contributed by atoms with Crippen LogP contribution in [-0.4, -0.2) is 37.6 Å². The average Bonchev–Trinajstić information content (AvgIpc) is 2.54. The molecule has 1 unspecified atom stereocenters. The van der Waals surface area contributed by atoms with E-state index in [0.29, 0.717) is 18.0 Å². The second-order valence-corrected chi connectivity index (χ2v) is 6.44. The molecule has 1 atom stereocenters. The summed E-state index contributed by atoms with van der Waals surface area (Å²) in [5.41, 5.74) is 6.30. The van der Waals surface area contributed by atoms with Crippen LogP contribution >= 0.6 is 15.9 Å². The highest BCUT2D eigenvalue weighted by atomic mass is 79.9. The van der Waals surface area contributed by atoms with Crippen molar-refractivity contribution < 1.29 is 14.3 Å². The minimum atomic E-state index is -0.229. The molecule has 0 bridgehead atoms. The van der Waals surface area contributed by atoms with Crippen LogP contribution in [0.1, 0.15) is 26.2 Å². The molecule has 3 N–H and O–H groups in total. The van der Waals surface area contributed by atoms with Gasteiger partial charge in [-0.2, -0.15) is 0 Å². The van der Waals surface area contributed by atoms with Crippen LogP contribution < -0.4 is 20.7 Å². The first-order chi connectivity index (χ1) is 11.0. The lowest BCUT2D eigenvalue weighted by Gasteiger charge is -2.29. The Balaban J connectivity index is 2.04. The van der Waals surface area contributed by atoms with Crippen LogP contribution in [0.25, 0.3) is 0 Å².